The van der Waals surface area contributed by atoms with Crippen LogP contribution in [0.15, 0.2) is 29.2 Å². The van der Waals surface area contributed by atoms with Gasteiger partial charge in [0, 0.05) is 10.6 Å². The Morgan fingerprint density at radius 3 is 1.92 bits per heavy atom. The number of hydrogen-bond donors (Lipinski definition) is 2. The number of benzene rings is 2. The lowest BCUT2D eigenvalue weighted by Crippen LogP contribution is -2.40. The molecule has 0 atom stereocenters. The minimum absolute atomic E-state index is 0.114. The summed E-state index contributed by atoms with van der Waals surface area (Å²) in [6.45, 7) is 11.2. The molecule has 0 aliphatic carbocycles. The van der Waals surface area contributed by atoms with Crippen LogP contribution in [0.5, 0.6) is 0 Å². The Morgan fingerprint density at radius 1 is 0.885 bits per heavy atom. The summed E-state index contributed by atoms with van der Waals surface area (Å²) in [6, 6.07) is 7.66. The predicted octanol–water partition coefficient (Wildman–Crippen LogP) is 3.80. The average Bonchev–Trinajstić information content (AvgIpc) is 2.66. The van der Waals surface area contributed by atoms with Crippen molar-refractivity contribution in [2.75, 3.05) is 13.3 Å². The molecular weight excluding hydrogens is 342 g/mol. The van der Waals surface area contributed by atoms with E-state index < -0.39 is 0 Å². The quantitative estimate of drug-likeness (QED) is 0.598. The summed E-state index contributed by atoms with van der Waals surface area (Å²) in [5.41, 5.74) is 20.0. The molecule has 5 heteroatoms. The third-order valence-corrected chi connectivity index (χ3v) is 6.47. The van der Waals surface area contributed by atoms with Gasteiger partial charge in [-0.3, -0.25) is 4.79 Å². The van der Waals surface area contributed by atoms with Crippen molar-refractivity contribution in [3.63, 3.8) is 0 Å². The van der Waals surface area contributed by atoms with Gasteiger partial charge >= 0.3 is 0 Å². The molecule has 0 saturated heterocycles. The maximum Gasteiger partial charge on any atom is 0.257 e. The highest BCUT2D eigenvalue weighted by Crippen LogP contribution is 2.33. The van der Waals surface area contributed by atoms with Gasteiger partial charge < -0.3 is 16.4 Å². The molecule has 4 nitrogen and oxygen atoms in total. The van der Waals surface area contributed by atoms with Crippen LogP contribution in [0.25, 0.3) is 0 Å². The van der Waals surface area contributed by atoms with Crippen molar-refractivity contribution in [2.45, 2.75) is 45.3 Å². The maximum atomic E-state index is 12.7. The van der Waals surface area contributed by atoms with Gasteiger partial charge in [-0.15, -0.1) is 11.8 Å². The number of nitrogens with two attached hydrogens (primary N) is 2. The molecule has 0 unspecified atom stereocenters. The van der Waals surface area contributed by atoms with Crippen LogP contribution in [0.4, 0.5) is 0 Å². The second-order valence-corrected chi connectivity index (χ2v) is 7.62. The minimum atomic E-state index is -0.122. The van der Waals surface area contributed by atoms with Gasteiger partial charge in [-0.05, 0) is 80.1 Å². The molecular formula is C21H29N3OS. The Morgan fingerprint density at radius 2 is 1.38 bits per heavy atom. The first-order valence-electron chi connectivity index (χ1n) is 8.80. The van der Waals surface area contributed by atoms with E-state index in [-0.39, 0.29) is 19.2 Å². The fourth-order valence-corrected chi connectivity index (χ4v) is 4.34. The van der Waals surface area contributed by atoms with Crippen molar-refractivity contribution >= 4 is 17.7 Å². The lowest BCUT2D eigenvalue weighted by atomic mass is 9.90. The molecule has 0 aliphatic rings. The number of rotatable bonds is 6. The Balaban J connectivity index is 2.34. The van der Waals surface area contributed by atoms with E-state index in [1.54, 1.807) is 11.8 Å². The summed E-state index contributed by atoms with van der Waals surface area (Å²) in [6.07, 6.45) is 0. The molecule has 0 saturated carbocycles. The molecule has 2 rings (SSSR count). The second kappa shape index (κ2) is 8.71. The largest absolute Gasteiger partial charge is 0.314 e. The van der Waals surface area contributed by atoms with E-state index in [2.05, 4.69) is 34.6 Å². The maximum absolute atomic E-state index is 12.7. The third kappa shape index (κ3) is 3.95. The molecule has 2 aromatic rings. The van der Waals surface area contributed by atoms with Gasteiger partial charge in [-0.1, -0.05) is 12.1 Å². The Kier molecular flexibility index (Phi) is 6.87. The van der Waals surface area contributed by atoms with Gasteiger partial charge in [0.05, 0.1) is 18.9 Å². The first-order chi connectivity index (χ1) is 12.3. The van der Waals surface area contributed by atoms with Gasteiger partial charge in [0.25, 0.3) is 5.91 Å². The van der Waals surface area contributed by atoms with Crippen molar-refractivity contribution in [3.05, 3.63) is 63.2 Å². The molecule has 0 heterocycles. The highest BCUT2D eigenvalue weighted by atomic mass is 32.2. The van der Waals surface area contributed by atoms with Gasteiger partial charge in [0.1, 0.15) is 0 Å². The average molecular weight is 372 g/mol. The summed E-state index contributed by atoms with van der Waals surface area (Å²) in [5.74, 6) is 0.706. The Labute approximate surface area is 160 Å². The monoisotopic (exact) mass is 371 g/mol. The number of hydrogen-bond acceptors (Lipinski definition) is 4. The topological polar surface area (TPSA) is 72.3 Å². The molecule has 0 aliphatic heterocycles. The number of carbonyl (C=O) groups excluding carboxylic acids is 1. The molecule has 0 aromatic heterocycles. The van der Waals surface area contributed by atoms with Crippen molar-refractivity contribution < 1.29 is 4.79 Å². The van der Waals surface area contributed by atoms with Crippen LogP contribution in [0, 0.1) is 34.6 Å². The fourth-order valence-electron chi connectivity index (χ4n) is 3.12. The SMILES string of the molecule is Cc1c(C)c(C)c(CSc2ccccc2C(=O)N(CN)CN)c(C)c1C. The minimum Gasteiger partial charge on any atom is -0.314 e. The number of amides is 1. The van der Waals surface area contributed by atoms with E-state index in [1.807, 2.05) is 24.3 Å². The lowest BCUT2D eigenvalue weighted by molar-refractivity contribution is 0.0761. The molecule has 0 radical (unpaired) electrons. The molecule has 0 fully saturated rings. The normalized spacial score (nSPS) is 10.9. The van der Waals surface area contributed by atoms with Crippen molar-refractivity contribution in [3.8, 4) is 0 Å². The Bertz CT molecular complexity index is 784. The van der Waals surface area contributed by atoms with E-state index in [4.69, 9.17) is 11.5 Å². The molecule has 140 valence electrons. The zero-order chi connectivity index (χ0) is 19.4. The summed E-state index contributed by atoms with van der Waals surface area (Å²) >= 11 is 1.69. The molecule has 26 heavy (non-hydrogen) atoms. The first-order valence-corrected chi connectivity index (χ1v) is 9.79. The molecule has 0 spiro atoms. The highest BCUT2D eigenvalue weighted by molar-refractivity contribution is 7.98. The van der Waals surface area contributed by atoms with Crippen molar-refractivity contribution in [1.29, 1.82) is 0 Å². The van der Waals surface area contributed by atoms with E-state index >= 15 is 0 Å². The molecule has 4 N–H and O–H groups in total. The summed E-state index contributed by atoms with van der Waals surface area (Å²) in [4.78, 5) is 15.1. The van der Waals surface area contributed by atoms with Crippen LogP contribution in [-0.4, -0.2) is 24.1 Å². The van der Waals surface area contributed by atoms with E-state index in [0.29, 0.717) is 5.56 Å². The lowest BCUT2D eigenvalue weighted by Gasteiger charge is -2.21. The van der Waals surface area contributed by atoms with Crippen LogP contribution in [0.2, 0.25) is 0 Å². The summed E-state index contributed by atoms with van der Waals surface area (Å²) in [7, 11) is 0. The van der Waals surface area contributed by atoms with E-state index in [0.717, 1.165) is 10.6 Å². The highest BCUT2D eigenvalue weighted by Gasteiger charge is 2.18. The number of nitrogens with zero attached hydrogens (tertiary/aromatic N) is 1. The first kappa shape index (κ1) is 20.5. The smallest absolute Gasteiger partial charge is 0.257 e. The number of carbonyl (C=O) groups is 1. The van der Waals surface area contributed by atoms with Gasteiger partial charge in [0.2, 0.25) is 0 Å². The van der Waals surface area contributed by atoms with E-state index in [1.165, 1.54) is 38.3 Å². The van der Waals surface area contributed by atoms with Crippen molar-refractivity contribution in [2.24, 2.45) is 11.5 Å². The van der Waals surface area contributed by atoms with Gasteiger partial charge in [0.15, 0.2) is 0 Å². The fraction of sp³-hybridized carbons (Fsp3) is 0.381. The molecule has 1 amide bonds. The van der Waals surface area contributed by atoms with Crippen LogP contribution in [0.3, 0.4) is 0 Å². The molecule has 2 aromatic carbocycles. The van der Waals surface area contributed by atoms with Crippen LogP contribution in [-0.2, 0) is 5.75 Å². The zero-order valence-electron chi connectivity index (χ0n) is 16.3. The van der Waals surface area contributed by atoms with Gasteiger partial charge in [-0.2, -0.15) is 0 Å². The summed E-state index contributed by atoms with van der Waals surface area (Å²) in [5, 5.41) is 0. The zero-order valence-corrected chi connectivity index (χ0v) is 17.2. The van der Waals surface area contributed by atoms with Gasteiger partial charge in [-0.25, -0.2) is 0 Å². The molecule has 0 bridgehead atoms. The second-order valence-electron chi connectivity index (χ2n) is 6.60. The Hall–Kier alpha value is -1.82. The van der Waals surface area contributed by atoms with Crippen LogP contribution < -0.4 is 11.5 Å². The summed E-state index contributed by atoms with van der Waals surface area (Å²) < 4.78 is 0. The van der Waals surface area contributed by atoms with Crippen molar-refractivity contribution in [1.82, 2.24) is 4.90 Å². The van der Waals surface area contributed by atoms with Crippen LogP contribution in [0.1, 0.15) is 43.7 Å². The number of thioether (sulfide) groups is 1. The standard InChI is InChI=1S/C21H29N3OS/c1-13-14(2)16(4)19(17(5)15(13)3)10-26-20-9-7-6-8-18(20)21(25)24(11-22)12-23/h6-9H,10-12,22-23H2,1-5H3. The van der Waals surface area contributed by atoms with E-state index in [9.17, 15) is 4.79 Å². The van der Waals surface area contributed by atoms with Crippen LogP contribution >= 0.6 is 11.8 Å². The third-order valence-electron chi connectivity index (χ3n) is 5.37. The predicted molar refractivity (Wildman–Crippen MR) is 110 cm³/mol.